The Morgan fingerprint density at radius 1 is 1.25 bits per heavy atom. The van der Waals surface area contributed by atoms with E-state index in [9.17, 15) is 8.78 Å². The van der Waals surface area contributed by atoms with E-state index in [0.717, 1.165) is 0 Å². The van der Waals surface area contributed by atoms with Gasteiger partial charge in [-0.15, -0.1) is 0 Å². The van der Waals surface area contributed by atoms with Crippen molar-refractivity contribution in [3.8, 4) is 0 Å². The molecular weight excluding hydrogens is 122 g/mol. The Hall–Kier alpha value is -1.13. The quantitative estimate of drug-likeness (QED) is 0.518. The average Bonchev–Trinajstić information content (AvgIpc) is 1.65. The first-order chi connectivity index (χ1) is 3.65. The highest BCUT2D eigenvalue weighted by Crippen LogP contribution is 1.67. The second-order valence-electron chi connectivity index (χ2n) is 0.535. The first kappa shape index (κ1) is 9.98. The summed E-state index contributed by atoms with van der Waals surface area (Å²) in [5.41, 5.74) is 0. The molecule has 0 bridgehead atoms. The van der Waals surface area contributed by atoms with Gasteiger partial charge >= 0.3 is 6.16 Å². The summed E-state index contributed by atoms with van der Waals surface area (Å²) in [6, 6.07) is 0. The van der Waals surface area contributed by atoms with Gasteiger partial charge in [0.15, 0.2) is 0 Å². The van der Waals surface area contributed by atoms with E-state index in [4.69, 9.17) is 15.0 Å². The van der Waals surface area contributed by atoms with Gasteiger partial charge in [-0.25, -0.2) is 13.6 Å². The summed E-state index contributed by atoms with van der Waals surface area (Å²) >= 11 is 0. The predicted octanol–water partition coefficient (Wildman–Crippen LogP) is 1.62. The molecule has 0 aromatic carbocycles. The number of halogens is 2. The second-order valence-corrected chi connectivity index (χ2v) is 0.535. The van der Waals surface area contributed by atoms with E-state index in [1.54, 1.807) is 0 Å². The lowest BCUT2D eigenvalue weighted by Gasteiger charge is -1.60. The van der Waals surface area contributed by atoms with Crippen molar-refractivity contribution in [2.24, 2.45) is 0 Å². The predicted molar refractivity (Wildman–Crippen MR) is 22.0 cm³/mol. The van der Waals surface area contributed by atoms with Crippen LogP contribution in [0.2, 0.25) is 0 Å². The molecule has 0 aromatic rings. The van der Waals surface area contributed by atoms with E-state index in [-0.39, 0.29) is 12.7 Å². The highest BCUT2D eigenvalue weighted by Gasteiger charge is 1.70. The molecule has 3 nitrogen and oxygen atoms in total. The standard InChI is InChI=1S/C2H2F2.CH2O3/c3-1-2-4;2-1(3)4/h1-2H;(H2,2,3,4). The second kappa shape index (κ2) is 9.30. The third-order valence-electron chi connectivity index (χ3n) is 0.0476. The van der Waals surface area contributed by atoms with Gasteiger partial charge in [0.1, 0.15) is 12.7 Å². The molecule has 5 heteroatoms. The Labute approximate surface area is 43.9 Å². The van der Waals surface area contributed by atoms with Crippen LogP contribution in [0.25, 0.3) is 0 Å². The molecule has 8 heavy (non-hydrogen) atoms. The van der Waals surface area contributed by atoms with Crippen molar-refractivity contribution >= 4 is 6.16 Å². The highest BCUT2D eigenvalue weighted by atomic mass is 19.2. The normalized spacial score (nSPS) is 7.75. The van der Waals surface area contributed by atoms with Crippen LogP contribution < -0.4 is 0 Å². The van der Waals surface area contributed by atoms with E-state index in [2.05, 4.69) is 0 Å². The Morgan fingerprint density at radius 2 is 1.38 bits per heavy atom. The van der Waals surface area contributed by atoms with Crippen LogP contribution in [0.5, 0.6) is 0 Å². The Bertz CT molecular complexity index is 72.6. The molecule has 0 saturated heterocycles. The summed E-state index contributed by atoms with van der Waals surface area (Å²) in [5, 5.41) is 13.9. The maximum atomic E-state index is 10.2. The van der Waals surface area contributed by atoms with Gasteiger partial charge in [-0.2, -0.15) is 0 Å². The summed E-state index contributed by atoms with van der Waals surface area (Å²) in [4.78, 5) is 8.56. The maximum absolute atomic E-state index is 10.2. The summed E-state index contributed by atoms with van der Waals surface area (Å²) in [5.74, 6) is 0. The summed E-state index contributed by atoms with van der Waals surface area (Å²) in [6.45, 7) is 0. The minimum atomic E-state index is -1.83. The van der Waals surface area contributed by atoms with Crippen LogP contribution in [0, 0.1) is 0 Å². The first-order valence-electron chi connectivity index (χ1n) is 1.42. The molecule has 0 radical (unpaired) electrons. The van der Waals surface area contributed by atoms with Crippen LogP contribution in [0.3, 0.4) is 0 Å². The number of carboxylic acid groups (broad SMARTS) is 2. The Morgan fingerprint density at radius 3 is 1.38 bits per heavy atom. The fraction of sp³-hybridized carbons (Fsp3) is 0. The number of carbonyl (C=O) groups is 1. The maximum Gasteiger partial charge on any atom is 0.503 e. The molecule has 0 fully saturated rings. The zero-order valence-electron chi connectivity index (χ0n) is 3.71. The van der Waals surface area contributed by atoms with Crippen molar-refractivity contribution in [1.29, 1.82) is 0 Å². The van der Waals surface area contributed by atoms with Crippen LogP contribution >= 0.6 is 0 Å². The zero-order valence-corrected chi connectivity index (χ0v) is 3.71. The fourth-order valence-electron chi connectivity index (χ4n) is 0. The molecule has 2 N–H and O–H groups in total. The molecule has 48 valence electrons. The smallest absolute Gasteiger partial charge is 0.450 e. The minimum Gasteiger partial charge on any atom is -0.450 e. The van der Waals surface area contributed by atoms with Crippen LogP contribution in [0.1, 0.15) is 0 Å². The van der Waals surface area contributed by atoms with E-state index < -0.39 is 6.16 Å². The SMILES string of the molecule is FC=CF.O=C(O)O. The molecule has 0 aromatic heterocycles. The van der Waals surface area contributed by atoms with Gasteiger partial charge in [0.25, 0.3) is 0 Å². The Balaban J connectivity index is 0. The van der Waals surface area contributed by atoms with Crippen LogP contribution in [-0.2, 0) is 0 Å². The zero-order chi connectivity index (χ0) is 6.99. The average molecular weight is 126 g/mol. The van der Waals surface area contributed by atoms with Crippen molar-refractivity contribution in [3.63, 3.8) is 0 Å². The van der Waals surface area contributed by atoms with Crippen molar-refractivity contribution in [2.45, 2.75) is 0 Å². The highest BCUT2D eigenvalue weighted by molar-refractivity contribution is 5.53. The lowest BCUT2D eigenvalue weighted by Crippen LogP contribution is -1.81. The third kappa shape index (κ3) is 4320. The molecule has 0 rings (SSSR count). The molecule has 0 heterocycles. The topological polar surface area (TPSA) is 57.5 Å². The van der Waals surface area contributed by atoms with Crippen molar-refractivity contribution in [1.82, 2.24) is 0 Å². The van der Waals surface area contributed by atoms with E-state index in [0.29, 0.717) is 0 Å². The lowest BCUT2D eigenvalue weighted by molar-refractivity contribution is 0.137. The largest absolute Gasteiger partial charge is 0.503 e. The van der Waals surface area contributed by atoms with Gasteiger partial charge in [-0.3, -0.25) is 0 Å². The van der Waals surface area contributed by atoms with Gasteiger partial charge in [0, 0.05) is 0 Å². The summed E-state index contributed by atoms with van der Waals surface area (Å²) < 4.78 is 20.3. The van der Waals surface area contributed by atoms with Gasteiger partial charge in [-0.05, 0) is 0 Å². The van der Waals surface area contributed by atoms with E-state index in [1.165, 1.54) is 0 Å². The fourth-order valence-corrected chi connectivity index (χ4v) is 0. The molecule has 0 aliphatic carbocycles. The molecule has 0 atom stereocenters. The number of hydrogen-bond donors (Lipinski definition) is 2. The number of rotatable bonds is 0. The summed E-state index contributed by atoms with van der Waals surface area (Å²) in [7, 11) is 0. The van der Waals surface area contributed by atoms with Gasteiger partial charge in [-0.1, -0.05) is 0 Å². The minimum absolute atomic E-state index is 0.167. The molecule has 0 spiro atoms. The molecule has 0 amide bonds. The van der Waals surface area contributed by atoms with Crippen LogP contribution in [-0.4, -0.2) is 16.4 Å². The molecule has 0 aliphatic heterocycles. The molecule has 0 unspecified atom stereocenters. The van der Waals surface area contributed by atoms with Crippen LogP contribution in [0.15, 0.2) is 12.7 Å². The monoisotopic (exact) mass is 126 g/mol. The third-order valence-corrected chi connectivity index (χ3v) is 0.0476. The van der Waals surface area contributed by atoms with Crippen LogP contribution in [0.4, 0.5) is 13.6 Å². The molecular formula is C3H4F2O3. The van der Waals surface area contributed by atoms with E-state index >= 15 is 0 Å². The van der Waals surface area contributed by atoms with Gasteiger partial charge < -0.3 is 10.2 Å². The lowest BCUT2D eigenvalue weighted by atomic mass is 11.2. The summed E-state index contributed by atoms with van der Waals surface area (Å²) in [6.07, 6.45) is -2.17. The van der Waals surface area contributed by atoms with Crippen molar-refractivity contribution < 1.29 is 23.8 Å². The van der Waals surface area contributed by atoms with Crippen molar-refractivity contribution in [2.75, 3.05) is 0 Å². The van der Waals surface area contributed by atoms with Gasteiger partial charge in [0.2, 0.25) is 0 Å². The number of hydrogen-bond acceptors (Lipinski definition) is 1. The molecule has 0 saturated carbocycles. The Kier molecular flexibility index (Phi) is 11.6. The van der Waals surface area contributed by atoms with Gasteiger partial charge in [0.05, 0.1) is 0 Å². The first-order valence-corrected chi connectivity index (χ1v) is 1.42. The van der Waals surface area contributed by atoms with Crippen molar-refractivity contribution in [3.05, 3.63) is 12.7 Å². The molecule has 0 aliphatic rings. The van der Waals surface area contributed by atoms with E-state index in [1.807, 2.05) is 0 Å².